The molecule has 21 heavy (non-hydrogen) atoms. The highest BCUT2D eigenvalue weighted by atomic mass is 19.1. The zero-order valence-corrected chi connectivity index (χ0v) is 13.2. The zero-order valence-electron chi connectivity index (χ0n) is 13.2. The van der Waals surface area contributed by atoms with E-state index >= 15 is 0 Å². The molecule has 3 nitrogen and oxygen atoms in total. The van der Waals surface area contributed by atoms with Crippen LogP contribution in [0.2, 0.25) is 0 Å². The Balaban J connectivity index is 1.93. The first-order valence-electron chi connectivity index (χ1n) is 7.71. The Morgan fingerprint density at radius 3 is 2.71 bits per heavy atom. The SMILES string of the molecule is CC1CCCN(CC(=O)N(C)C(C)c2ccc(F)cc2)C1. The first kappa shape index (κ1) is 16.0. The number of hydrogen-bond donors (Lipinski definition) is 0. The Labute approximate surface area is 126 Å². The minimum absolute atomic E-state index is 0.0414. The van der Waals surface area contributed by atoms with Gasteiger partial charge in [-0.05, 0) is 49.9 Å². The third-order valence-electron chi connectivity index (χ3n) is 4.43. The van der Waals surface area contributed by atoms with E-state index in [0.29, 0.717) is 12.5 Å². The van der Waals surface area contributed by atoms with Crippen LogP contribution in [0, 0.1) is 11.7 Å². The fraction of sp³-hybridized carbons (Fsp3) is 0.588. The highest BCUT2D eigenvalue weighted by Crippen LogP contribution is 2.20. The number of benzene rings is 1. The average Bonchev–Trinajstić information content (AvgIpc) is 2.46. The standard InChI is InChI=1S/C17H25FN2O/c1-13-5-4-10-20(11-13)12-17(21)19(3)14(2)15-6-8-16(18)9-7-15/h6-9,13-14H,4-5,10-12H2,1-3H3. The molecule has 0 aromatic heterocycles. The highest BCUT2D eigenvalue weighted by molar-refractivity contribution is 5.78. The van der Waals surface area contributed by atoms with Crippen LogP contribution in [0.5, 0.6) is 0 Å². The average molecular weight is 292 g/mol. The molecular formula is C17H25FN2O. The molecule has 0 aliphatic carbocycles. The number of amides is 1. The molecule has 0 spiro atoms. The van der Waals surface area contributed by atoms with E-state index in [1.807, 2.05) is 14.0 Å². The number of nitrogens with zero attached hydrogens (tertiary/aromatic N) is 2. The number of rotatable bonds is 4. The smallest absolute Gasteiger partial charge is 0.236 e. The second-order valence-corrected chi connectivity index (χ2v) is 6.21. The van der Waals surface area contributed by atoms with Crippen LogP contribution in [0.3, 0.4) is 0 Å². The summed E-state index contributed by atoms with van der Waals surface area (Å²) in [6, 6.07) is 6.33. The monoisotopic (exact) mass is 292 g/mol. The lowest BCUT2D eigenvalue weighted by atomic mass is 10.0. The minimum atomic E-state index is -0.248. The van der Waals surface area contributed by atoms with Crippen molar-refractivity contribution >= 4 is 5.91 Å². The molecule has 0 bridgehead atoms. The third-order valence-corrected chi connectivity index (χ3v) is 4.43. The van der Waals surface area contributed by atoms with Crippen LogP contribution in [0.1, 0.15) is 38.3 Å². The highest BCUT2D eigenvalue weighted by Gasteiger charge is 2.22. The zero-order chi connectivity index (χ0) is 15.4. The summed E-state index contributed by atoms with van der Waals surface area (Å²) in [6.07, 6.45) is 2.43. The molecule has 2 atom stereocenters. The Hall–Kier alpha value is -1.42. The lowest BCUT2D eigenvalue weighted by Crippen LogP contribution is -2.43. The molecule has 1 fully saturated rings. The van der Waals surface area contributed by atoms with Gasteiger partial charge in [0.1, 0.15) is 5.82 Å². The molecule has 4 heteroatoms. The van der Waals surface area contributed by atoms with E-state index in [2.05, 4.69) is 11.8 Å². The molecular weight excluding hydrogens is 267 g/mol. The van der Waals surface area contributed by atoms with E-state index in [1.54, 1.807) is 17.0 Å². The summed E-state index contributed by atoms with van der Waals surface area (Å²) in [6.45, 7) is 6.71. The maximum absolute atomic E-state index is 13.0. The number of hydrogen-bond acceptors (Lipinski definition) is 2. The van der Waals surface area contributed by atoms with Crippen molar-refractivity contribution in [2.75, 3.05) is 26.7 Å². The van der Waals surface area contributed by atoms with E-state index in [0.717, 1.165) is 18.7 Å². The van der Waals surface area contributed by atoms with Gasteiger partial charge in [-0.1, -0.05) is 19.1 Å². The van der Waals surface area contributed by atoms with E-state index < -0.39 is 0 Å². The molecule has 1 saturated heterocycles. The number of halogens is 1. The van der Waals surface area contributed by atoms with E-state index in [9.17, 15) is 9.18 Å². The minimum Gasteiger partial charge on any atom is -0.338 e. The number of carbonyl (C=O) groups is 1. The van der Waals surface area contributed by atoms with Crippen molar-refractivity contribution in [3.05, 3.63) is 35.6 Å². The van der Waals surface area contributed by atoms with Gasteiger partial charge in [-0.15, -0.1) is 0 Å². The van der Waals surface area contributed by atoms with Crippen molar-refractivity contribution in [3.63, 3.8) is 0 Å². The van der Waals surface area contributed by atoms with Crippen molar-refractivity contribution in [3.8, 4) is 0 Å². The molecule has 2 rings (SSSR count). The van der Waals surface area contributed by atoms with E-state index in [4.69, 9.17) is 0 Å². The van der Waals surface area contributed by atoms with Crippen molar-refractivity contribution < 1.29 is 9.18 Å². The largest absolute Gasteiger partial charge is 0.338 e. The molecule has 1 aromatic rings. The van der Waals surface area contributed by atoms with Crippen molar-refractivity contribution in [2.45, 2.75) is 32.7 Å². The van der Waals surface area contributed by atoms with Gasteiger partial charge in [-0.2, -0.15) is 0 Å². The number of carbonyl (C=O) groups excluding carboxylic acids is 1. The normalized spacial score (nSPS) is 21.0. The Morgan fingerprint density at radius 2 is 2.10 bits per heavy atom. The van der Waals surface area contributed by atoms with Gasteiger partial charge in [0.25, 0.3) is 0 Å². The summed E-state index contributed by atoms with van der Waals surface area (Å²) in [5.74, 6) is 0.550. The van der Waals surface area contributed by atoms with Crippen LogP contribution >= 0.6 is 0 Å². The lowest BCUT2D eigenvalue weighted by molar-refractivity contribution is -0.133. The molecule has 116 valence electrons. The summed E-state index contributed by atoms with van der Waals surface area (Å²) in [7, 11) is 1.82. The van der Waals surface area contributed by atoms with Crippen LogP contribution in [0.4, 0.5) is 4.39 Å². The number of piperidine rings is 1. The van der Waals surface area contributed by atoms with Crippen molar-refractivity contribution in [1.82, 2.24) is 9.80 Å². The fourth-order valence-electron chi connectivity index (χ4n) is 2.91. The summed E-state index contributed by atoms with van der Waals surface area (Å²) < 4.78 is 13.0. The second kappa shape index (κ2) is 7.03. The van der Waals surface area contributed by atoms with Crippen molar-refractivity contribution in [2.24, 2.45) is 5.92 Å². The summed E-state index contributed by atoms with van der Waals surface area (Å²) >= 11 is 0. The predicted molar refractivity (Wildman–Crippen MR) is 82.4 cm³/mol. The maximum atomic E-state index is 13.0. The number of likely N-dealkylation sites (N-methyl/N-ethyl adjacent to an activating group) is 1. The summed E-state index contributed by atoms with van der Waals surface area (Å²) in [4.78, 5) is 16.4. The Morgan fingerprint density at radius 1 is 1.43 bits per heavy atom. The second-order valence-electron chi connectivity index (χ2n) is 6.21. The first-order valence-corrected chi connectivity index (χ1v) is 7.71. The van der Waals surface area contributed by atoms with Gasteiger partial charge in [0, 0.05) is 13.6 Å². The molecule has 1 heterocycles. The number of likely N-dealkylation sites (tertiary alicyclic amines) is 1. The molecule has 0 N–H and O–H groups in total. The van der Waals surface area contributed by atoms with Crippen LogP contribution in [0.15, 0.2) is 24.3 Å². The van der Waals surface area contributed by atoms with Crippen LogP contribution < -0.4 is 0 Å². The fourth-order valence-corrected chi connectivity index (χ4v) is 2.91. The Kier molecular flexibility index (Phi) is 5.34. The van der Waals surface area contributed by atoms with Gasteiger partial charge in [-0.25, -0.2) is 4.39 Å². The van der Waals surface area contributed by atoms with Gasteiger partial charge in [0.15, 0.2) is 0 Å². The molecule has 2 unspecified atom stereocenters. The van der Waals surface area contributed by atoms with Gasteiger partial charge in [-0.3, -0.25) is 9.69 Å². The summed E-state index contributed by atoms with van der Waals surface area (Å²) in [5.41, 5.74) is 0.958. The van der Waals surface area contributed by atoms with Gasteiger partial charge < -0.3 is 4.90 Å². The van der Waals surface area contributed by atoms with Gasteiger partial charge in [0.05, 0.1) is 12.6 Å². The molecule has 0 saturated carbocycles. The Bertz CT molecular complexity index is 474. The van der Waals surface area contributed by atoms with Crippen LogP contribution in [-0.4, -0.2) is 42.4 Å². The lowest BCUT2D eigenvalue weighted by Gasteiger charge is -2.33. The van der Waals surface area contributed by atoms with Crippen molar-refractivity contribution in [1.29, 1.82) is 0 Å². The van der Waals surface area contributed by atoms with E-state index in [-0.39, 0.29) is 17.8 Å². The van der Waals surface area contributed by atoms with Gasteiger partial charge in [0.2, 0.25) is 5.91 Å². The predicted octanol–water partition coefficient (Wildman–Crippen LogP) is 3.08. The molecule has 1 aliphatic heterocycles. The summed E-state index contributed by atoms with van der Waals surface area (Å²) in [5, 5.41) is 0. The maximum Gasteiger partial charge on any atom is 0.236 e. The molecule has 1 aromatic carbocycles. The first-order chi connectivity index (χ1) is 9.97. The van der Waals surface area contributed by atoms with E-state index in [1.165, 1.54) is 25.0 Å². The molecule has 1 amide bonds. The van der Waals surface area contributed by atoms with Crippen LogP contribution in [-0.2, 0) is 4.79 Å². The van der Waals surface area contributed by atoms with Crippen LogP contribution in [0.25, 0.3) is 0 Å². The molecule has 1 aliphatic rings. The topological polar surface area (TPSA) is 23.6 Å². The van der Waals surface area contributed by atoms with Gasteiger partial charge >= 0.3 is 0 Å². The molecule has 0 radical (unpaired) electrons. The quantitative estimate of drug-likeness (QED) is 0.851. The third kappa shape index (κ3) is 4.27.